The Kier molecular flexibility index (Phi) is 6.32. The summed E-state index contributed by atoms with van der Waals surface area (Å²) in [4.78, 5) is 13.9. The molecule has 1 amide bonds. The maximum Gasteiger partial charge on any atom is 0.409 e. The van der Waals surface area contributed by atoms with Gasteiger partial charge in [0.2, 0.25) is 0 Å². The smallest absolute Gasteiger partial charge is 0.409 e. The zero-order valence-electron chi connectivity index (χ0n) is 16.9. The van der Waals surface area contributed by atoms with E-state index in [1.54, 1.807) is 17.0 Å². The number of carbonyl (C=O) groups is 1. The van der Waals surface area contributed by atoms with Crippen molar-refractivity contribution in [1.82, 2.24) is 4.90 Å². The number of carbonyl (C=O) groups excluding carboxylic acids is 1. The van der Waals surface area contributed by atoms with Gasteiger partial charge in [0, 0.05) is 23.7 Å². The molecule has 0 aromatic heterocycles. The van der Waals surface area contributed by atoms with Crippen LogP contribution in [0.4, 0.5) is 9.18 Å². The molecule has 4 rings (SSSR count). The van der Waals surface area contributed by atoms with Crippen molar-refractivity contribution in [3.63, 3.8) is 0 Å². The average molecular weight is 434 g/mol. The molecule has 0 unspecified atom stereocenters. The minimum atomic E-state index is -0.841. The molecule has 0 bridgehead atoms. The van der Waals surface area contributed by atoms with E-state index >= 15 is 0 Å². The van der Waals surface area contributed by atoms with Gasteiger partial charge in [0.25, 0.3) is 6.29 Å². The summed E-state index contributed by atoms with van der Waals surface area (Å²) in [6.45, 7) is 3.80. The second kappa shape index (κ2) is 9.13. The van der Waals surface area contributed by atoms with Gasteiger partial charge in [0.05, 0.1) is 12.2 Å². The third-order valence-electron chi connectivity index (χ3n) is 5.60. The summed E-state index contributed by atoms with van der Waals surface area (Å²) < 4.78 is 31.5. The Labute approximate surface area is 180 Å². The topological polar surface area (TPSA) is 48.0 Å². The fourth-order valence-corrected chi connectivity index (χ4v) is 4.07. The summed E-state index contributed by atoms with van der Waals surface area (Å²) in [5.41, 5.74) is 1.34. The third-order valence-corrected chi connectivity index (χ3v) is 5.84. The molecule has 0 spiro atoms. The number of para-hydroxylation sites is 1. The van der Waals surface area contributed by atoms with E-state index in [0.717, 1.165) is 31.2 Å². The molecule has 2 heterocycles. The van der Waals surface area contributed by atoms with Gasteiger partial charge in [-0.1, -0.05) is 37.1 Å². The summed E-state index contributed by atoms with van der Waals surface area (Å²) >= 11 is 5.85. The van der Waals surface area contributed by atoms with Crippen molar-refractivity contribution < 1.29 is 23.4 Å². The Bertz CT molecular complexity index is 914. The number of likely N-dealkylation sites (tertiary alicyclic amines) is 1. The number of amides is 1. The molecule has 0 radical (unpaired) electrons. The van der Waals surface area contributed by atoms with Crippen LogP contribution >= 0.6 is 11.6 Å². The molecule has 1 saturated heterocycles. The molecule has 0 saturated carbocycles. The monoisotopic (exact) mass is 433 g/mol. The van der Waals surface area contributed by atoms with Crippen molar-refractivity contribution in [3.05, 3.63) is 58.4 Å². The van der Waals surface area contributed by atoms with Crippen LogP contribution in [0.15, 0.2) is 36.4 Å². The van der Waals surface area contributed by atoms with Crippen LogP contribution in [0.2, 0.25) is 5.02 Å². The standard InChI is InChI=1S/C23H25ClFNO4/c1-2-3-13-28-23(27)26-11-9-15(10-12-26)17-5-4-6-20-21(17)30-22(29-20)18-8-7-16(24)14-19(18)25/h4-8,14-15,22H,2-3,9-13H2,1H3/t22-/m0/s1. The van der Waals surface area contributed by atoms with E-state index in [2.05, 4.69) is 6.92 Å². The first-order chi connectivity index (χ1) is 14.6. The first-order valence-corrected chi connectivity index (χ1v) is 10.8. The normalized spacial score (nSPS) is 18.5. The molecular weight excluding hydrogens is 409 g/mol. The molecule has 2 aromatic rings. The number of ether oxygens (including phenoxy) is 3. The molecule has 7 heteroatoms. The maximum atomic E-state index is 14.3. The summed E-state index contributed by atoms with van der Waals surface area (Å²) in [6.07, 6.45) is 2.42. The second-order valence-electron chi connectivity index (χ2n) is 7.64. The van der Waals surface area contributed by atoms with Crippen molar-refractivity contribution in [2.24, 2.45) is 0 Å². The van der Waals surface area contributed by atoms with Crippen molar-refractivity contribution in [3.8, 4) is 11.5 Å². The summed E-state index contributed by atoms with van der Waals surface area (Å²) in [5, 5.41) is 0.326. The minimum Gasteiger partial charge on any atom is -0.449 e. The summed E-state index contributed by atoms with van der Waals surface area (Å²) in [6, 6.07) is 10.2. The van der Waals surface area contributed by atoms with Crippen LogP contribution in [-0.2, 0) is 4.74 Å². The van der Waals surface area contributed by atoms with Gasteiger partial charge in [-0.3, -0.25) is 0 Å². The van der Waals surface area contributed by atoms with Crippen LogP contribution in [0.5, 0.6) is 11.5 Å². The summed E-state index contributed by atoms with van der Waals surface area (Å²) in [7, 11) is 0. The number of piperidine rings is 1. The largest absolute Gasteiger partial charge is 0.449 e. The fraction of sp³-hybridized carbons (Fsp3) is 0.435. The molecule has 2 aliphatic heterocycles. The van der Waals surface area contributed by atoms with Gasteiger partial charge in [-0.05, 0) is 49.4 Å². The van der Waals surface area contributed by atoms with E-state index in [1.807, 2.05) is 18.2 Å². The van der Waals surface area contributed by atoms with Gasteiger partial charge in [0.1, 0.15) is 5.82 Å². The molecule has 30 heavy (non-hydrogen) atoms. The minimum absolute atomic E-state index is 0.233. The quantitative estimate of drug-likeness (QED) is 0.537. The first kappa shape index (κ1) is 20.8. The molecule has 0 aliphatic carbocycles. The lowest BCUT2D eigenvalue weighted by Gasteiger charge is -2.31. The molecule has 2 aliphatic rings. The number of halogens is 2. The lowest BCUT2D eigenvalue weighted by atomic mass is 9.89. The van der Waals surface area contributed by atoms with E-state index < -0.39 is 12.1 Å². The van der Waals surface area contributed by atoms with Crippen LogP contribution < -0.4 is 9.47 Å². The van der Waals surface area contributed by atoms with Gasteiger partial charge in [-0.25, -0.2) is 9.18 Å². The third kappa shape index (κ3) is 4.33. The summed E-state index contributed by atoms with van der Waals surface area (Å²) in [5.74, 6) is 1.03. The van der Waals surface area contributed by atoms with Crippen LogP contribution in [0.3, 0.4) is 0 Å². The predicted octanol–water partition coefficient (Wildman–Crippen LogP) is 6.07. The number of fused-ring (bicyclic) bond motifs is 1. The second-order valence-corrected chi connectivity index (χ2v) is 8.07. The van der Waals surface area contributed by atoms with Gasteiger partial charge < -0.3 is 19.1 Å². The molecule has 5 nitrogen and oxygen atoms in total. The highest BCUT2D eigenvalue weighted by Crippen LogP contribution is 2.47. The van der Waals surface area contributed by atoms with Crippen LogP contribution in [0.1, 0.15) is 55.9 Å². The van der Waals surface area contributed by atoms with E-state index in [0.29, 0.717) is 41.8 Å². The Hall–Kier alpha value is -2.47. The van der Waals surface area contributed by atoms with Gasteiger partial charge in [-0.2, -0.15) is 0 Å². The van der Waals surface area contributed by atoms with Crippen molar-refractivity contribution in [1.29, 1.82) is 0 Å². The first-order valence-electron chi connectivity index (χ1n) is 10.4. The number of rotatable bonds is 5. The number of hydrogen-bond acceptors (Lipinski definition) is 4. The maximum absolute atomic E-state index is 14.3. The van der Waals surface area contributed by atoms with E-state index in [1.165, 1.54) is 6.07 Å². The van der Waals surface area contributed by atoms with Crippen molar-refractivity contribution in [2.75, 3.05) is 19.7 Å². The van der Waals surface area contributed by atoms with Crippen LogP contribution in [0, 0.1) is 5.82 Å². The Morgan fingerprint density at radius 1 is 1.20 bits per heavy atom. The van der Waals surface area contributed by atoms with Gasteiger partial charge in [0.15, 0.2) is 11.5 Å². The zero-order chi connectivity index (χ0) is 21.1. The average Bonchev–Trinajstić information content (AvgIpc) is 3.18. The predicted molar refractivity (Wildman–Crippen MR) is 112 cm³/mol. The molecule has 0 N–H and O–H groups in total. The zero-order valence-corrected chi connectivity index (χ0v) is 17.7. The molecule has 160 valence electrons. The van der Waals surface area contributed by atoms with Crippen LogP contribution in [0.25, 0.3) is 0 Å². The van der Waals surface area contributed by atoms with Crippen molar-refractivity contribution in [2.45, 2.75) is 44.8 Å². The highest BCUT2D eigenvalue weighted by Gasteiger charge is 2.33. The molecule has 1 atom stereocenters. The molecular formula is C23H25ClFNO4. The molecule has 2 aromatic carbocycles. The Morgan fingerprint density at radius 3 is 2.73 bits per heavy atom. The number of benzene rings is 2. The fourth-order valence-electron chi connectivity index (χ4n) is 3.91. The van der Waals surface area contributed by atoms with Crippen LogP contribution in [-0.4, -0.2) is 30.7 Å². The van der Waals surface area contributed by atoms with Gasteiger partial charge in [-0.15, -0.1) is 0 Å². The van der Waals surface area contributed by atoms with E-state index in [-0.39, 0.29) is 12.0 Å². The van der Waals surface area contributed by atoms with Gasteiger partial charge >= 0.3 is 6.09 Å². The Balaban J connectivity index is 1.43. The highest BCUT2D eigenvalue weighted by molar-refractivity contribution is 6.30. The SMILES string of the molecule is CCCCOC(=O)N1CCC(c2cccc3c2O[C@@H](c2ccc(Cl)cc2F)O3)CC1. The van der Waals surface area contributed by atoms with Crippen molar-refractivity contribution >= 4 is 17.7 Å². The highest BCUT2D eigenvalue weighted by atomic mass is 35.5. The molecule has 1 fully saturated rings. The Morgan fingerprint density at radius 2 is 2.00 bits per heavy atom. The number of nitrogens with zero attached hydrogens (tertiary/aromatic N) is 1. The lowest BCUT2D eigenvalue weighted by Crippen LogP contribution is -2.38. The lowest BCUT2D eigenvalue weighted by molar-refractivity contribution is 0.0445. The number of hydrogen-bond donors (Lipinski definition) is 0. The van der Waals surface area contributed by atoms with E-state index in [9.17, 15) is 9.18 Å². The van der Waals surface area contributed by atoms with E-state index in [4.69, 9.17) is 25.8 Å². The number of unbranched alkanes of at least 4 members (excludes halogenated alkanes) is 1.